The molecule has 0 bridgehead atoms. The van der Waals surface area contributed by atoms with Crippen LogP contribution in [-0.4, -0.2) is 42.6 Å². The Kier molecular flexibility index (Phi) is 3.61. The van der Waals surface area contributed by atoms with E-state index in [1.54, 1.807) is 11.3 Å². The van der Waals surface area contributed by atoms with Crippen LogP contribution in [0.15, 0.2) is 23.2 Å². The SMILES string of the molecule is C=C(Cl)CN1CCN(c2nccs2)CC1. The van der Waals surface area contributed by atoms with E-state index in [4.69, 9.17) is 11.6 Å². The van der Waals surface area contributed by atoms with Crippen LogP contribution >= 0.6 is 22.9 Å². The van der Waals surface area contributed by atoms with Gasteiger partial charge in [0, 0.05) is 49.3 Å². The number of anilines is 1. The number of hydrogen-bond acceptors (Lipinski definition) is 4. The Balaban J connectivity index is 1.84. The van der Waals surface area contributed by atoms with Crippen LogP contribution in [0.3, 0.4) is 0 Å². The normalized spacial score (nSPS) is 18.1. The van der Waals surface area contributed by atoms with Crippen LogP contribution in [0.1, 0.15) is 0 Å². The van der Waals surface area contributed by atoms with Gasteiger partial charge in [-0.15, -0.1) is 11.3 Å². The van der Waals surface area contributed by atoms with Crippen molar-refractivity contribution < 1.29 is 0 Å². The Labute approximate surface area is 99.0 Å². The summed E-state index contributed by atoms with van der Waals surface area (Å²) in [4.78, 5) is 8.94. The number of halogens is 1. The molecule has 1 fully saturated rings. The summed E-state index contributed by atoms with van der Waals surface area (Å²) in [5, 5.41) is 3.86. The summed E-state index contributed by atoms with van der Waals surface area (Å²) >= 11 is 7.48. The van der Waals surface area contributed by atoms with Gasteiger partial charge in [0.05, 0.1) is 0 Å². The maximum atomic E-state index is 5.79. The minimum Gasteiger partial charge on any atom is -0.346 e. The number of aromatic nitrogens is 1. The molecular weight excluding hydrogens is 230 g/mol. The average molecular weight is 244 g/mol. The van der Waals surface area contributed by atoms with Gasteiger partial charge in [-0.2, -0.15) is 0 Å². The Morgan fingerprint density at radius 2 is 2.20 bits per heavy atom. The monoisotopic (exact) mass is 243 g/mol. The molecule has 0 aliphatic carbocycles. The van der Waals surface area contributed by atoms with Gasteiger partial charge in [0.1, 0.15) is 0 Å². The van der Waals surface area contributed by atoms with Crippen LogP contribution in [0.4, 0.5) is 5.13 Å². The number of hydrogen-bond donors (Lipinski definition) is 0. The molecule has 1 aliphatic heterocycles. The fourth-order valence-electron chi connectivity index (χ4n) is 1.71. The number of piperazine rings is 1. The zero-order valence-corrected chi connectivity index (χ0v) is 10.1. The average Bonchev–Trinajstić information content (AvgIpc) is 2.71. The minimum atomic E-state index is 0.720. The van der Waals surface area contributed by atoms with Crippen molar-refractivity contribution in [2.24, 2.45) is 0 Å². The molecule has 0 atom stereocenters. The Hall–Kier alpha value is -0.580. The lowest BCUT2D eigenvalue weighted by Crippen LogP contribution is -2.46. The summed E-state index contributed by atoms with van der Waals surface area (Å²) in [5.41, 5.74) is 0. The van der Waals surface area contributed by atoms with Crippen LogP contribution in [0.25, 0.3) is 0 Å². The van der Waals surface area contributed by atoms with Gasteiger partial charge in [-0.3, -0.25) is 4.90 Å². The standard InChI is InChI=1S/C10H14ClN3S/c1-9(11)8-13-3-5-14(6-4-13)10-12-2-7-15-10/h2,7H,1,3-6,8H2. The topological polar surface area (TPSA) is 19.4 Å². The molecule has 15 heavy (non-hydrogen) atoms. The predicted molar refractivity (Wildman–Crippen MR) is 65.8 cm³/mol. The van der Waals surface area contributed by atoms with Crippen molar-refractivity contribution in [2.45, 2.75) is 0 Å². The molecule has 0 N–H and O–H groups in total. The molecule has 0 radical (unpaired) electrons. The van der Waals surface area contributed by atoms with E-state index < -0.39 is 0 Å². The zero-order valence-electron chi connectivity index (χ0n) is 8.53. The molecule has 0 saturated carbocycles. The van der Waals surface area contributed by atoms with Crippen molar-refractivity contribution in [3.8, 4) is 0 Å². The molecule has 1 aromatic heterocycles. The molecule has 0 aromatic carbocycles. The molecule has 2 heterocycles. The lowest BCUT2D eigenvalue weighted by molar-refractivity contribution is 0.282. The van der Waals surface area contributed by atoms with Gasteiger partial charge in [0.25, 0.3) is 0 Å². The van der Waals surface area contributed by atoms with Gasteiger partial charge in [-0.25, -0.2) is 4.98 Å². The lowest BCUT2D eigenvalue weighted by Gasteiger charge is -2.34. The lowest BCUT2D eigenvalue weighted by atomic mass is 10.3. The van der Waals surface area contributed by atoms with Crippen LogP contribution in [0.5, 0.6) is 0 Å². The quantitative estimate of drug-likeness (QED) is 0.810. The van der Waals surface area contributed by atoms with Gasteiger partial charge in [-0.05, 0) is 0 Å². The van der Waals surface area contributed by atoms with Gasteiger partial charge < -0.3 is 4.90 Å². The summed E-state index contributed by atoms with van der Waals surface area (Å²) in [7, 11) is 0. The van der Waals surface area contributed by atoms with Crippen molar-refractivity contribution in [3.63, 3.8) is 0 Å². The third-order valence-electron chi connectivity index (χ3n) is 2.46. The van der Waals surface area contributed by atoms with Gasteiger partial charge in [0.2, 0.25) is 0 Å². The first kappa shape index (κ1) is 10.9. The largest absolute Gasteiger partial charge is 0.346 e. The fourth-order valence-corrected chi connectivity index (χ4v) is 2.58. The van der Waals surface area contributed by atoms with E-state index in [0.29, 0.717) is 0 Å². The van der Waals surface area contributed by atoms with Crippen molar-refractivity contribution in [1.82, 2.24) is 9.88 Å². The van der Waals surface area contributed by atoms with E-state index in [1.807, 2.05) is 11.6 Å². The van der Waals surface area contributed by atoms with Crippen molar-refractivity contribution in [3.05, 3.63) is 23.2 Å². The molecule has 3 nitrogen and oxygen atoms in total. The van der Waals surface area contributed by atoms with E-state index in [2.05, 4.69) is 21.4 Å². The molecule has 1 aliphatic rings. The molecule has 0 unspecified atom stereocenters. The third kappa shape index (κ3) is 2.93. The third-order valence-corrected chi connectivity index (χ3v) is 3.41. The molecule has 1 saturated heterocycles. The molecule has 0 amide bonds. The van der Waals surface area contributed by atoms with Crippen LogP contribution in [-0.2, 0) is 0 Å². The van der Waals surface area contributed by atoms with E-state index in [0.717, 1.165) is 42.9 Å². The summed E-state index contributed by atoms with van der Waals surface area (Å²) < 4.78 is 0. The smallest absolute Gasteiger partial charge is 0.185 e. The van der Waals surface area contributed by atoms with Crippen molar-refractivity contribution in [2.75, 3.05) is 37.6 Å². The Bertz CT molecular complexity index is 317. The van der Waals surface area contributed by atoms with E-state index in [-0.39, 0.29) is 0 Å². The highest BCUT2D eigenvalue weighted by Crippen LogP contribution is 2.19. The highest BCUT2D eigenvalue weighted by Gasteiger charge is 2.18. The van der Waals surface area contributed by atoms with E-state index in [1.165, 1.54) is 0 Å². The molecule has 5 heteroatoms. The first-order valence-electron chi connectivity index (χ1n) is 4.96. The maximum Gasteiger partial charge on any atom is 0.185 e. The molecule has 82 valence electrons. The van der Waals surface area contributed by atoms with Crippen molar-refractivity contribution in [1.29, 1.82) is 0 Å². The summed E-state index contributed by atoms with van der Waals surface area (Å²) in [5.74, 6) is 0. The maximum absolute atomic E-state index is 5.79. The van der Waals surface area contributed by atoms with Crippen LogP contribution in [0, 0.1) is 0 Å². The van der Waals surface area contributed by atoms with Crippen LogP contribution < -0.4 is 4.90 Å². The zero-order chi connectivity index (χ0) is 10.7. The Morgan fingerprint density at radius 1 is 1.47 bits per heavy atom. The molecule has 1 aromatic rings. The minimum absolute atomic E-state index is 0.720. The van der Waals surface area contributed by atoms with Crippen molar-refractivity contribution >= 4 is 28.1 Å². The van der Waals surface area contributed by atoms with Gasteiger partial charge in [-0.1, -0.05) is 18.2 Å². The molecular formula is C10H14ClN3S. The molecule has 2 rings (SSSR count). The van der Waals surface area contributed by atoms with Crippen LogP contribution in [0.2, 0.25) is 0 Å². The summed E-state index contributed by atoms with van der Waals surface area (Å²) in [6.07, 6.45) is 1.85. The second-order valence-electron chi connectivity index (χ2n) is 3.60. The number of rotatable bonds is 3. The first-order valence-corrected chi connectivity index (χ1v) is 6.21. The highest BCUT2D eigenvalue weighted by atomic mass is 35.5. The number of thiazole rings is 1. The fraction of sp³-hybridized carbons (Fsp3) is 0.500. The highest BCUT2D eigenvalue weighted by molar-refractivity contribution is 7.13. The summed E-state index contributed by atoms with van der Waals surface area (Å²) in [6.45, 7) is 8.63. The molecule has 0 spiro atoms. The van der Waals surface area contributed by atoms with E-state index in [9.17, 15) is 0 Å². The second-order valence-corrected chi connectivity index (χ2v) is 5.00. The van der Waals surface area contributed by atoms with Gasteiger partial charge >= 0.3 is 0 Å². The summed E-state index contributed by atoms with van der Waals surface area (Å²) in [6, 6.07) is 0. The van der Waals surface area contributed by atoms with E-state index >= 15 is 0 Å². The first-order chi connectivity index (χ1) is 7.25. The number of nitrogens with zero attached hydrogens (tertiary/aromatic N) is 3. The Morgan fingerprint density at radius 3 is 2.73 bits per heavy atom. The van der Waals surface area contributed by atoms with Gasteiger partial charge in [0.15, 0.2) is 5.13 Å². The second kappa shape index (κ2) is 4.96. The predicted octanol–water partition coefficient (Wildman–Crippen LogP) is 2.02.